The molecule has 0 amide bonds. The summed E-state index contributed by atoms with van der Waals surface area (Å²) in [4.78, 5) is 10.8. The van der Waals surface area contributed by atoms with Crippen LogP contribution in [0.2, 0.25) is 0 Å². The number of hydrogen-bond donors (Lipinski definition) is 1. The first kappa shape index (κ1) is 11.2. The molecule has 0 aliphatic rings. The summed E-state index contributed by atoms with van der Waals surface area (Å²) in [5, 5.41) is 11.4. The molecule has 0 aliphatic heterocycles. The number of hydrogen-bond acceptors (Lipinski definition) is 2. The van der Waals surface area contributed by atoms with Gasteiger partial charge in [-0.2, -0.15) is 0 Å². The molecule has 0 bridgehead atoms. The van der Waals surface area contributed by atoms with E-state index < -0.39 is 5.97 Å². The first-order valence-electron chi connectivity index (χ1n) is 5.78. The molecule has 1 aromatic heterocycles. The van der Waals surface area contributed by atoms with Crippen molar-refractivity contribution >= 4 is 37.5 Å². The highest BCUT2D eigenvalue weighted by Gasteiger charge is 2.09. The summed E-state index contributed by atoms with van der Waals surface area (Å²) in [5.41, 5.74) is 2.03. The Morgan fingerprint density at radius 1 is 1.22 bits per heavy atom. The van der Waals surface area contributed by atoms with Gasteiger partial charge < -0.3 is 5.11 Å². The summed E-state index contributed by atoms with van der Waals surface area (Å²) in [6, 6.07) is 12.3. The zero-order valence-corrected chi connectivity index (χ0v) is 10.8. The highest BCUT2D eigenvalue weighted by Crippen LogP contribution is 2.36. The van der Waals surface area contributed by atoms with Gasteiger partial charge in [-0.05, 0) is 30.2 Å². The van der Waals surface area contributed by atoms with Gasteiger partial charge in [0.25, 0.3) is 0 Å². The minimum absolute atomic E-state index is 0.0883. The zero-order valence-electron chi connectivity index (χ0n) is 9.93. The smallest absolute Gasteiger partial charge is 0.307 e. The molecule has 0 spiro atoms. The van der Waals surface area contributed by atoms with Crippen molar-refractivity contribution in [3.05, 3.63) is 47.5 Å². The van der Waals surface area contributed by atoms with E-state index in [1.54, 1.807) is 11.3 Å². The second-order valence-corrected chi connectivity index (χ2v) is 5.54. The van der Waals surface area contributed by atoms with Crippen molar-refractivity contribution in [2.45, 2.75) is 13.3 Å². The molecule has 1 heterocycles. The summed E-state index contributed by atoms with van der Waals surface area (Å²) in [7, 11) is 0. The van der Waals surface area contributed by atoms with Crippen LogP contribution in [0.25, 0.3) is 20.2 Å². The van der Waals surface area contributed by atoms with Crippen molar-refractivity contribution < 1.29 is 9.90 Å². The average molecular weight is 256 g/mol. The molecule has 0 radical (unpaired) electrons. The number of aliphatic carboxylic acids is 1. The topological polar surface area (TPSA) is 37.3 Å². The van der Waals surface area contributed by atoms with Gasteiger partial charge in [0.1, 0.15) is 0 Å². The van der Waals surface area contributed by atoms with Gasteiger partial charge in [-0.25, -0.2) is 0 Å². The molecule has 0 atom stereocenters. The fraction of sp³-hybridized carbons (Fsp3) is 0.133. The van der Waals surface area contributed by atoms with Crippen LogP contribution < -0.4 is 0 Å². The highest BCUT2D eigenvalue weighted by atomic mass is 32.1. The second kappa shape index (κ2) is 4.10. The van der Waals surface area contributed by atoms with E-state index in [4.69, 9.17) is 5.11 Å². The predicted octanol–water partition coefficient (Wildman–Crippen LogP) is 3.99. The zero-order chi connectivity index (χ0) is 12.7. The molecule has 2 aromatic carbocycles. The van der Waals surface area contributed by atoms with Crippen LogP contribution in [-0.4, -0.2) is 11.1 Å². The Morgan fingerprint density at radius 3 is 2.78 bits per heavy atom. The molecule has 0 fully saturated rings. The number of fused-ring (bicyclic) bond motifs is 3. The van der Waals surface area contributed by atoms with Crippen molar-refractivity contribution in [1.29, 1.82) is 0 Å². The Balaban J connectivity index is 2.31. The monoisotopic (exact) mass is 256 g/mol. The van der Waals surface area contributed by atoms with Crippen molar-refractivity contribution in [2.24, 2.45) is 0 Å². The average Bonchev–Trinajstić information content (AvgIpc) is 2.66. The SMILES string of the molecule is Cc1cc(CC(=O)O)cc2sc3ccccc3c12. The number of rotatable bonds is 2. The van der Waals surface area contributed by atoms with E-state index in [0.717, 1.165) is 11.1 Å². The maximum Gasteiger partial charge on any atom is 0.307 e. The number of carboxylic acid groups (broad SMARTS) is 1. The van der Waals surface area contributed by atoms with Gasteiger partial charge in [-0.3, -0.25) is 4.79 Å². The lowest BCUT2D eigenvalue weighted by Crippen LogP contribution is -1.99. The number of carbonyl (C=O) groups is 1. The van der Waals surface area contributed by atoms with E-state index in [9.17, 15) is 4.79 Å². The van der Waals surface area contributed by atoms with Gasteiger partial charge in [-0.1, -0.05) is 24.3 Å². The van der Waals surface area contributed by atoms with Crippen LogP contribution in [0.3, 0.4) is 0 Å². The van der Waals surface area contributed by atoms with Gasteiger partial charge >= 0.3 is 5.97 Å². The van der Waals surface area contributed by atoms with Crippen LogP contribution in [0.1, 0.15) is 11.1 Å². The first-order chi connectivity index (χ1) is 8.65. The first-order valence-corrected chi connectivity index (χ1v) is 6.59. The van der Waals surface area contributed by atoms with E-state index in [0.29, 0.717) is 0 Å². The van der Waals surface area contributed by atoms with Crippen LogP contribution >= 0.6 is 11.3 Å². The fourth-order valence-corrected chi connectivity index (χ4v) is 3.66. The van der Waals surface area contributed by atoms with Crippen LogP contribution in [-0.2, 0) is 11.2 Å². The minimum Gasteiger partial charge on any atom is -0.481 e. The van der Waals surface area contributed by atoms with Gasteiger partial charge in [0, 0.05) is 20.2 Å². The lowest BCUT2D eigenvalue weighted by molar-refractivity contribution is -0.136. The lowest BCUT2D eigenvalue weighted by Gasteiger charge is -2.02. The van der Waals surface area contributed by atoms with Crippen molar-refractivity contribution in [1.82, 2.24) is 0 Å². The summed E-state index contributed by atoms with van der Waals surface area (Å²) < 4.78 is 2.43. The Hall–Kier alpha value is -1.87. The molecule has 90 valence electrons. The van der Waals surface area contributed by atoms with Gasteiger partial charge in [0.15, 0.2) is 0 Å². The van der Waals surface area contributed by atoms with Crippen molar-refractivity contribution in [3.8, 4) is 0 Å². The molecule has 0 saturated heterocycles. The van der Waals surface area contributed by atoms with Crippen LogP contribution in [0.15, 0.2) is 36.4 Å². The molecule has 1 N–H and O–H groups in total. The van der Waals surface area contributed by atoms with E-state index in [2.05, 4.69) is 12.1 Å². The Kier molecular flexibility index (Phi) is 2.56. The molecule has 0 unspecified atom stereocenters. The summed E-state index contributed by atoms with van der Waals surface area (Å²) in [6.07, 6.45) is 0.0883. The largest absolute Gasteiger partial charge is 0.481 e. The summed E-state index contributed by atoms with van der Waals surface area (Å²) in [5.74, 6) is -0.783. The Labute approximate surface area is 108 Å². The van der Waals surface area contributed by atoms with Gasteiger partial charge in [0.2, 0.25) is 0 Å². The Bertz CT molecular complexity index is 756. The molecular formula is C15H12O2S. The summed E-state index contributed by atoms with van der Waals surface area (Å²) in [6.45, 7) is 2.05. The Morgan fingerprint density at radius 2 is 2.00 bits per heavy atom. The van der Waals surface area contributed by atoms with E-state index in [-0.39, 0.29) is 6.42 Å². The fourth-order valence-electron chi connectivity index (χ4n) is 2.41. The van der Waals surface area contributed by atoms with E-state index in [1.807, 2.05) is 31.2 Å². The van der Waals surface area contributed by atoms with Gasteiger partial charge in [-0.15, -0.1) is 11.3 Å². The molecule has 3 heteroatoms. The number of carboxylic acids is 1. The predicted molar refractivity (Wildman–Crippen MR) is 75.4 cm³/mol. The van der Waals surface area contributed by atoms with Crippen LogP contribution in [0, 0.1) is 6.92 Å². The molecule has 3 rings (SSSR count). The molecular weight excluding hydrogens is 244 g/mol. The normalized spacial score (nSPS) is 11.2. The lowest BCUT2D eigenvalue weighted by atomic mass is 10.0. The minimum atomic E-state index is -0.783. The quantitative estimate of drug-likeness (QED) is 0.752. The third-order valence-electron chi connectivity index (χ3n) is 3.09. The number of thiophene rings is 1. The van der Waals surface area contributed by atoms with Crippen LogP contribution in [0.5, 0.6) is 0 Å². The third kappa shape index (κ3) is 1.77. The molecule has 2 nitrogen and oxygen atoms in total. The molecule has 0 aliphatic carbocycles. The summed E-state index contributed by atoms with van der Waals surface area (Å²) >= 11 is 1.72. The maximum atomic E-state index is 10.8. The standard InChI is InChI=1S/C15H12O2S/c1-9-6-10(8-14(16)17)7-13-15(9)11-4-2-3-5-12(11)18-13/h2-7H,8H2,1H3,(H,16,17). The van der Waals surface area contributed by atoms with E-state index in [1.165, 1.54) is 20.2 Å². The van der Waals surface area contributed by atoms with Crippen molar-refractivity contribution in [3.63, 3.8) is 0 Å². The number of aryl methyl sites for hydroxylation is 1. The highest BCUT2D eigenvalue weighted by molar-refractivity contribution is 7.25. The molecule has 3 aromatic rings. The van der Waals surface area contributed by atoms with Crippen LogP contribution in [0.4, 0.5) is 0 Å². The van der Waals surface area contributed by atoms with Crippen molar-refractivity contribution in [2.75, 3.05) is 0 Å². The molecule has 0 saturated carbocycles. The number of benzene rings is 2. The maximum absolute atomic E-state index is 10.8. The van der Waals surface area contributed by atoms with Gasteiger partial charge in [0.05, 0.1) is 6.42 Å². The van der Waals surface area contributed by atoms with E-state index >= 15 is 0 Å². The third-order valence-corrected chi connectivity index (χ3v) is 4.21. The second-order valence-electron chi connectivity index (χ2n) is 4.45. The molecule has 18 heavy (non-hydrogen) atoms.